The molecule has 0 N–H and O–H groups in total. The van der Waals surface area contributed by atoms with E-state index in [1.165, 1.54) is 19.4 Å². The van der Waals surface area contributed by atoms with E-state index in [0.717, 1.165) is 48.8 Å². The molecule has 1 saturated heterocycles. The Morgan fingerprint density at radius 1 is 1.32 bits per heavy atom. The average Bonchev–Trinajstić information content (AvgIpc) is 2.93. The molecule has 2 heterocycles. The van der Waals surface area contributed by atoms with Crippen molar-refractivity contribution in [3.63, 3.8) is 0 Å². The van der Waals surface area contributed by atoms with Crippen molar-refractivity contribution in [2.45, 2.75) is 38.6 Å². The minimum atomic E-state index is 0.109. The molecule has 22 heavy (non-hydrogen) atoms. The Bertz CT molecular complexity index is 544. The van der Waals surface area contributed by atoms with Gasteiger partial charge in [0.05, 0.1) is 6.61 Å². The van der Waals surface area contributed by atoms with E-state index in [1.54, 1.807) is 4.90 Å². The molecule has 4 nitrogen and oxygen atoms in total. The van der Waals surface area contributed by atoms with Gasteiger partial charge in [-0.25, -0.2) is 0 Å². The fourth-order valence-electron chi connectivity index (χ4n) is 3.44. The number of rotatable bonds is 5. The zero-order chi connectivity index (χ0) is 15.5. The summed E-state index contributed by atoms with van der Waals surface area (Å²) in [4.78, 5) is 16.5. The Labute approximate surface area is 133 Å². The van der Waals surface area contributed by atoms with Crippen molar-refractivity contribution >= 4 is 5.91 Å². The van der Waals surface area contributed by atoms with Gasteiger partial charge in [-0.05, 0) is 56.8 Å². The minimum absolute atomic E-state index is 0.109. The lowest BCUT2D eigenvalue weighted by Crippen LogP contribution is -2.34. The first-order valence-corrected chi connectivity index (χ1v) is 8.40. The summed E-state index contributed by atoms with van der Waals surface area (Å²) in [5.74, 6) is 0.925. The Hall–Kier alpha value is -1.55. The van der Waals surface area contributed by atoms with Crippen molar-refractivity contribution < 1.29 is 9.53 Å². The Morgan fingerprint density at radius 3 is 2.95 bits per heavy atom. The molecular formula is C18H26N2O2. The molecule has 1 atom stereocenters. The van der Waals surface area contributed by atoms with Gasteiger partial charge < -0.3 is 14.5 Å². The number of likely N-dealkylation sites (N-methyl/N-ethyl adjacent to an activating group) is 1. The first-order chi connectivity index (χ1) is 10.6. The van der Waals surface area contributed by atoms with Crippen molar-refractivity contribution in [2.75, 3.05) is 33.3 Å². The van der Waals surface area contributed by atoms with Crippen LogP contribution in [0.25, 0.3) is 0 Å². The maximum Gasteiger partial charge on any atom is 0.254 e. The number of hydrogen-bond donors (Lipinski definition) is 0. The van der Waals surface area contributed by atoms with Crippen LogP contribution in [0.3, 0.4) is 0 Å². The second-order valence-electron chi connectivity index (χ2n) is 6.52. The van der Waals surface area contributed by atoms with Gasteiger partial charge in [0, 0.05) is 31.7 Å². The van der Waals surface area contributed by atoms with Gasteiger partial charge in [-0.1, -0.05) is 6.07 Å². The molecule has 1 fully saturated rings. The number of likely N-dealkylation sites (tertiary alicyclic amines) is 1. The van der Waals surface area contributed by atoms with Gasteiger partial charge in [0.25, 0.3) is 5.91 Å². The summed E-state index contributed by atoms with van der Waals surface area (Å²) in [7, 11) is 1.86. The SMILES string of the molecule is CC1CCCN1CCCOc1ccc2c(c1)C(=O)N(C)CC2. The second kappa shape index (κ2) is 6.69. The van der Waals surface area contributed by atoms with E-state index in [-0.39, 0.29) is 5.91 Å². The first kappa shape index (κ1) is 15.3. The zero-order valence-corrected chi connectivity index (χ0v) is 13.7. The van der Waals surface area contributed by atoms with Crippen LogP contribution in [-0.2, 0) is 6.42 Å². The number of fused-ring (bicyclic) bond motifs is 1. The highest BCUT2D eigenvalue weighted by Gasteiger charge is 2.22. The summed E-state index contributed by atoms with van der Waals surface area (Å²) < 4.78 is 5.85. The molecule has 3 rings (SSSR count). The highest BCUT2D eigenvalue weighted by atomic mass is 16.5. The Balaban J connectivity index is 1.52. The molecule has 1 aromatic carbocycles. The molecule has 0 spiro atoms. The predicted octanol–water partition coefficient (Wildman–Crippen LogP) is 2.57. The third kappa shape index (κ3) is 3.27. The topological polar surface area (TPSA) is 32.8 Å². The Morgan fingerprint density at radius 2 is 2.18 bits per heavy atom. The smallest absolute Gasteiger partial charge is 0.254 e. The zero-order valence-electron chi connectivity index (χ0n) is 13.7. The predicted molar refractivity (Wildman–Crippen MR) is 87.5 cm³/mol. The summed E-state index contributed by atoms with van der Waals surface area (Å²) in [6.07, 6.45) is 4.61. The fraction of sp³-hybridized carbons (Fsp3) is 0.611. The van der Waals surface area contributed by atoms with Crippen molar-refractivity contribution in [3.05, 3.63) is 29.3 Å². The molecule has 0 bridgehead atoms. The van der Waals surface area contributed by atoms with Crippen LogP contribution in [-0.4, -0.2) is 55.0 Å². The second-order valence-corrected chi connectivity index (χ2v) is 6.52. The number of carbonyl (C=O) groups excluding carboxylic acids is 1. The van der Waals surface area contributed by atoms with E-state index in [4.69, 9.17) is 4.74 Å². The van der Waals surface area contributed by atoms with E-state index in [1.807, 2.05) is 25.2 Å². The summed E-state index contributed by atoms with van der Waals surface area (Å²) in [6, 6.07) is 6.66. The summed E-state index contributed by atoms with van der Waals surface area (Å²) >= 11 is 0. The number of nitrogens with zero attached hydrogens (tertiary/aromatic N) is 2. The van der Waals surface area contributed by atoms with Gasteiger partial charge >= 0.3 is 0 Å². The quantitative estimate of drug-likeness (QED) is 0.784. The monoisotopic (exact) mass is 302 g/mol. The number of benzene rings is 1. The summed E-state index contributed by atoms with van der Waals surface area (Å²) in [6.45, 7) is 6.15. The number of carbonyl (C=O) groups is 1. The highest BCUT2D eigenvalue weighted by molar-refractivity contribution is 5.97. The lowest BCUT2D eigenvalue weighted by atomic mass is 9.99. The molecule has 1 aromatic rings. The largest absolute Gasteiger partial charge is 0.494 e. The van der Waals surface area contributed by atoms with Gasteiger partial charge in [-0.3, -0.25) is 4.79 Å². The maximum absolute atomic E-state index is 12.2. The van der Waals surface area contributed by atoms with Gasteiger partial charge in [-0.2, -0.15) is 0 Å². The normalized spacial score (nSPS) is 22.0. The van der Waals surface area contributed by atoms with Gasteiger partial charge in [0.2, 0.25) is 0 Å². The first-order valence-electron chi connectivity index (χ1n) is 8.40. The van der Waals surface area contributed by atoms with Crippen LogP contribution >= 0.6 is 0 Å². The molecule has 0 saturated carbocycles. The van der Waals surface area contributed by atoms with Gasteiger partial charge in [0.15, 0.2) is 0 Å². The lowest BCUT2D eigenvalue weighted by molar-refractivity contribution is 0.0780. The van der Waals surface area contributed by atoms with Crippen molar-refractivity contribution in [3.8, 4) is 5.75 Å². The molecule has 0 radical (unpaired) electrons. The third-order valence-electron chi connectivity index (χ3n) is 4.92. The Kier molecular flexibility index (Phi) is 4.67. The van der Waals surface area contributed by atoms with Crippen molar-refractivity contribution in [1.82, 2.24) is 9.80 Å². The number of ether oxygens (including phenoxy) is 1. The molecule has 2 aliphatic heterocycles. The van der Waals surface area contributed by atoms with Gasteiger partial charge in [-0.15, -0.1) is 0 Å². The summed E-state index contributed by atoms with van der Waals surface area (Å²) in [5, 5.41) is 0. The molecular weight excluding hydrogens is 276 g/mol. The van der Waals surface area contributed by atoms with Crippen LogP contribution < -0.4 is 4.74 Å². The van der Waals surface area contributed by atoms with Crippen LogP contribution in [0.2, 0.25) is 0 Å². The van der Waals surface area contributed by atoms with Crippen LogP contribution in [0.5, 0.6) is 5.75 Å². The molecule has 1 unspecified atom stereocenters. The summed E-state index contributed by atoms with van der Waals surface area (Å²) in [5.41, 5.74) is 1.95. The molecule has 4 heteroatoms. The minimum Gasteiger partial charge on any atom is -0.494 e. The van der Waals surface area contributed by atoms with Crippen molar-refractivity contribution in [1.29, 1.82) is 0 Å². The van der Waals surface area contributed by atoms with Crippen LogP contribution in [0.1, 0.15) is 42.1 Å². The third-order valence-corrected chi connectivity index (χ3v) is 4.92. The molecule has 1 amide bonds. The fourth-order valence-corrected chi connectivity index (χ4v) is 3.44. The maximum atomic E-state index is 12.2. The van der Waals surface area contributed by atoms with E-state index >= 15 is 0 Å². The van der Waals surface area contributed by atoms with Crippen LogP contribution in [0.4, 0.5) is 0 Å². The standard InChI is InChI=1S/C18H26N2O2/c1-14-5-3-9-20(14)10-4-12-22-16-7-6-15-8-11-19(2)18(21)17(15)13-16/h6-7,13-14H,3-5,8-12H2,1-2H3. The lowest BCUT2D eigenvalue weighted by Gasteiger charge is -2.25. The molecule has 2 aliphatic rings. The van der Waals surface area contributed by atoms with Crippen molar-refractivity contribution in [2.24, 2.45) is 0 Å². The molecule has 0 aliphatic carbocycles. The molecule has 120 valence electrons. The van der Waals surface area contributed by atoms with E-state index < -0.39 is 0 Å². The average molecular weight is 302 g/mol. The van der Waals surface area contributed by atoms with E-state index in [2.05, 4.69) is 11.8 Å². The highest BCUT2D eigenvalue weighted by Crippen LogP contribution is 2.23. The number of amides is 1. The van der Waals surface area contributed by atoms with Gasteiger partial charge in [0.1, 0.15) is 5.75 Å². The van der Waals surface area contributed by atoms with E-state index in [9.17, 15) is 4.79 Å². The molecule has 0 aromatic heterocycles. The van der Waals surface area contributed by atoms with Crippen LogP contribution in [0, 0.1) is 0 Å². The van der Waals surface area contributed by atoms with Crippen LogP contribution in [0.15, 0.2) is 18.2 Å². The number of hydrogen-bond acceptors (Lipinski definition) is 3. The van der Waals surface area contributed by atoms with E-state index in [0.29, 0.717) is 6.61 Å².